The molecule has 0 aromatic heterocycles. The SMILES string of the molecule is CSC1=N[C@H](c2cccc([N+](=O)[O-])c2)C(C(C)=O)=C(C)N1C. The maximum absolute atomic E-state index is 12.1. The summed E-state index contributed by atoms with van der Waals surface area (Å²) < 4.78 is 0. The Balaban J connectivity index is 2.59. The van der Waals surface area contributed by atoms with E-state index in [1.54, 1.807) is 12.1 Å². The third-order valence-electron chi connectivity index (χ3n) is 3.65. The molecule has 1 aliphatic heterocycles. The van der Waals surface area contributed by atoms with Gasteiger partial charge in [-0.1, -0.05) is 23.9 Å². The molecule has 0 spiro atoms. The van der Waals surface area contributed by atoms with Gasteiger partial charge in [-0.25, -0.2) is 4.99 Å². The van der Waals surface area contributed by atoms with Gasteiger partial charge in [0.1, 0.15) is 6.04 Å². The number of allylic oxidation sites excluding steroid dienone is 1. The molecule has 0 amide bonds. The fraction of sp³-hybridized carbons (Fsp3) is 0.333. The summed E-state index contributed by atoms with van der Waals surface area (Å²) in [6, 6.07) is 5.79. The zero-order chi connectivity index (χ0) is 16.4. The molecule has 0 radical (unpaired) electrons. The molecule has 0 unspecified atom stereocenters. The second-order valence-electron chi connectivity index (χ2n) is 4.98. The third-order valence-corrected chi connectivity index (χ3v) is 4.40. The van der Waals surface area contributed by atoms with Crippen LogP contribution in [0.15, 0.2) is 40.5 Å². The zero-order valence-electron chi connectivity index (χ0n) is 12.9. The van der Waals surface area contributed by atoms with Crippen LogP contribution in [0.3, 0.4) is 0 Å². The minimum atomic E-state index is -0.504. The molecule has 116 valence electrons. The molecule has 0 saturated carbocycles. The molecule has 0 fully saturated rings. The van der Waals surface area contributed by atoms with Gasteiger partial charge in [-0.3, -0.25) is 14.9 Å². The molecule has 7 heteroatoms. The van der Waals surface area contributed by atoms with Crippen LogP contribution in [-0.4, -0.2) is 34.1 Å². The Kier molecular flexibility index (Phi) is 4.65. The minimum Gasteiger partial charge on any atom is -0.328 e. The molecule has 0 bridgehead atoms. The first-order valence-electron chi connectivity index (χ1n) is 6.68. The van der Waals surface area contributed by atoms with Gasteiger partial charge < -0.3 is 4.90 Å². The molecule has 2 rings (SSSR count). The molecule has 1 aliphatic rings. The number of Topliss-reactive ketones (excluding diaryl/α,β-unsaturated/α-hetero) is 1. The summed E-state index contributed by atoms with van der Waals surface area (Å²) in [5.41, 5.74) is 2.04. The average molecular weight is 319 g/mol. The highest BCUT2D eigenvalue weighted by molar-refractivity contribution is 8.13. The highest BCUT2D eigenvalue weighted by Gasteiger charge is 2.30. The van der Waals surface area contributed by atoms with Crippen LogP contribution >= 0.6 is 11.8 Å². The zero-order valence-corrected chi connectivity index (χ0v) is 13.7. The lowest BCUT2D eigenvalue weighted by molar-refractivity contribution is -0.384. The van der Waals surface area contributed by atoms with Crippen molar-refractivity contribution in [2.24, 2.45) is 4.99 Å². The molecule has 1 aromatic carbocycles. The van der Waals surface area contributed by atoms with Crippen LogP contribution in [0.2, 0.25) is 0 Å². The predicted molar refractivity (Wildman–Crippen MR) is 87.9 cm³/mol. The Morgan fingerprint density at radius 2 is 2.14 bits per heavy atom. The quantitative estimate of drug-likeness (QED) is 0.632. The van der Waals surface area contributed by atoms with E-state index in [1.807, 2.05) is 25.1 Å². The van der Waals surface area contributed by atoms with Gasteiger partial charge in [-0.05, 0) is 25.7 Å². The number of aliphatic imine (C=N–C) groups is 1. The Labute approximate surface area is 133 Å². The number of nitrogens with zero attached hydrogens (tertiary/aromatic N) is 3. The lowest BCUT2D eigenvalue weighted by Crippen LogP contribution is -2.31. The average Bonchev–Trinajstić information content (AvgIpc) is 2.49. The van der Waals surface area contributed by atoms with Crippen LogP contribution in [0.4, 0.5) is 5.69 Å². The summed E-state index contributed by atoms with van der Waals surface area (Å²) in [5.74, 6) is -0.0789. The molecule has 1 atom stereocenters. The number of hydrogen-bond acceptors (Lipinski definition) is 6. The van der Waals surface area contributed by atoms with Crippen molar-refractivity contribution in [3.63, 3.8) is 0 Å². The van der Waals surface area contributed by atoms with Crippen molar-refractivity contribution in [3.05, 3.63) is 51.2 Å². The number of nitro groups is 1. The van der Waals surface area contributed by atoms with Gasteiger partial charge in [0.2, 0.25) is 0 Å². The summed E-state index contributed by atoms with van der Waals surface area (Å²) in [4.78, 5) is 29.1. The van der Waals surface area contributed by atoms with E-state index in [0.717, 1.165) is 10.9 Å². The Hall–Kier alpha value is -2.15. The second-order valence-corrected chi connectivity index (χ2v) is 5.76. The lowest BCUT2D eigenvalue weighted by atomic mass is 9.93. The number of carbonyl (C=O) groups is 1. The lowest BCUT2D eigenvalue weighted by Gasteiger charge is -2.31. The molecule has 0 aliphatic carbocycles. The van der Waals surface area contributed by atoms with Gasteiger partial charge in [0.05, 0.1) is 4.92 Å². The molecule has 6 nitrogen and oxygen atoms in total. The number of non-ortho nitro benzene ring substituents is 1. The Morgan fingerprint density at radius 1 is 1.45 bits per heavy atom. The Morgan fingerprint density at radius 3 is 2.68 bits per heavy atom. The highest BCUT2D eigenvalue weighted by atomic mass is 32.2. The second kappa shape index (κ2) is 6.31. The summed E-state index contributed by atoms with van der Waals surface area (Å²) in [5, 5.41) is 11.7. The van der Waals surface area contributed by atoms with Gasteiger partial charge in [0.25, 0.3) is 5.69 Å². The van der Waals surface area contributed by atoms with Crippen molar-refractivity contribution < 1.29 is 9.72 Å². The normalized spacial score (nSPS) is 18.3. The molecule has 1 heterocycles. The first-order valence-corrected chi connectivity index (χ1v) is 7.90. The largest absolute Gasteiger partial charge is 0.328 e. The maximum Gasteiger partial charge on any atom is 0.269 e. The van der Waals surface area contributed by atoms with E-state index in [2.05, 4.69) is 4.99 Å². The summed E-state index contributed by atoms with van der Waals surface area (Å²) in [6.45, 7) is 3.36. The van der Waals surface area contributed by atoms with E-state index >= 15 is 0 Å². The number of hydrogen-bond donors (Lipinski definition) is 0. The molecule has 1 aromatic rings. The smallest absolute Gasteiger partial charge is 0.269 e. The molecule has 0 N–H and O–H groups in total. The molecular weight excluding hydrogens is 302 g/mol. The van der Waals surface area contributed by atoms with Gasteiger partial charge >= 0.3 is 0 Å². The van der Waals surface area contributed by atoms with Crippen LogP contribution in [0.5, 0.6) is 0 Å². The molecule has 0 saturated heterocycles. The van der Waals surface area contributed by atoms with Crippen molar-refractivity contribution in [1.29, 1.82) is 0 Å². The number of benzene rings is 1. The van der Waals surface area contributed by atoms with E-state index in [1.165, 1.54) is 30.8 Å². The number of ketones is 1. The van der Waals surface area contributed by atoms with E-state index < -0.39 is 11.0 Å². The third kappa shape index (κ3) is 2.89. The number of thioether (sulfide) groups is 1. The topological polar surface area (TPSA) is 75.8 Å². The highest BCUT2D eigenvalue weighted by Crippen LogP contribution is 2.36. The van der Waals surface area contributed by atoms with Gasteiger partial charge in [0.15, 0.2) is 11.0 Å². The van der Waals surface area contributed by atoms with Crippen LogP contribution < -0.4 is 0 Å². The van der Waals surface area contributed by atoms with E-state index in [0.29, 0.717) is 11.1 Å². The van der Waals surface area contributed by atoms with Crippen molar-refractivity contribution in [3.8, 4) is 0 Å². The summed E-state index contributed by atoms with van der Waals surface area (Å²) >= 11 is 1.48. The fourth-order valence-electron chi connectivity index (χ4n) is 2.47. The van der Waals surface area contributed by atoms with Crippen molar-refractivity contribution in [2.45, 2.75) is 19.9 Å². The molecular formula is C15H17N3O3S. The number of carbonyl (C=O) groups excluding carboxylic acids is 1. The van der Waals surface area contributed by atoms with Gasteiger partial charge in [0, 0.05) is 30.5 Å². The number of nitro benzene ring substituents is 1. The van der Waals surface area contributed by atoms with Crippen LogP contribution in [0.25, 0.3) is 0 Å². The minimum absolute atomic E-state index is 0.00196. The van der Waals surface area contributed by atoms with E-state index in [4.69, 9.17) is 0 Å². The first kappa shape index (κ1) is 16.2. The Bertz CT molecular complexity index is 697. The van der Waals surface area contributed by atoms with Gasteiger partial charge in [-0.2, -0.15) is 0 Å². The van der Waals surface area contributed by atoms with Crippen molar-refractivity contribution in [2.75, 3.05) is 13.3 Å². The monoisotopic (exact) mass is 319 g/mol. The van der Waals surface area contributed by atoms with Gasteiger partial charge in [-0.15, -0.1) is 0 Å². The number of amidine groups is 1. The predicted octanol–water partition coefficient (Wildman–Crippen LogP) is 3.16. The summed E-state index contributed by atoms with van der Waals surface area (Å²) in [6.07, 6.45) is 1.91. The van der Waals surface area contributed by atoms with Crippen LogP contribution in [0.1, 0.15) is 25.5 Å². The maximum atomic E-state index is 12.1. The standard InChI is InChI=1S/C15H17N3O3S/c1-9-13(10(2)19)14(16-15(22-4)17(9)3)11-6-5-7-12(8-11)18(20)21/h5-8,14H,1-4H3/t14-/m1/s1. The molecule has 22 heavy (non-hydrogen) atoms. The van der Waals surface area contributed by atoms with E-state index in [9.17, 15) is 14.9 Å². The van der Waals surface area contributed by atoms with Crippen molar-refractivity contribution in [1.82, 2.24) is 4.90 Å². The first-order chi connectivity index (χ1) is 10.4. The fourth-order valence-corrected chi connectivity index (χ4v) is 3.09. The number of rotatable bonds is 3. The van der Waals surface area contributed by atoms with Crippen LogP contribution in [-0.2, 0) is 4.79 Å². The van der Waals surface area contributed by atoms with Crippen molar-refractivity contribution >= 4 is 28.4 Å². The summed E-state index contributed by atoms with van der Waals surface area (Å²) in [7, 11) is 1.86. The van der Waals surface area contributed by atoms with E-state index in [-0.39, 0.29) is 11.5 Å². The van der Waals surface area contributed by atoms with Crippen LogP contribution in [0, 0.1) is 10.1 Å².